The fraction of sp³-hybridized carbons (Fsp3) is 0.174. The molecule has 0 fully saturated rings. The van der Waals surface area contributed by atoms with E-state index in [1.165, 1.54) is 37.4 Å². The standard InChI is InChI=1S/C23H23FN4O4/c1-31-19-6-3-7-20(32-2)18(19)13-27-23(25)28(14-21(29)30)22-17(5-4-12-26-22)15-8-10-16(24)11-9-15/h3-12H,13-14H2,1-2H3,(H2,25,27)(H,29,30). The van der Waals surface area contributed by atoms with Gasteiger partial charge in [0.15, 0.2) is 5.96 Å². The molecule has 166 valence electrons. The van der Waals surface area contributed by atoms with Crippen molar-refractivity contribution in [3.63, 3.8) is 0 Å². The molecule has 0 radical (unpaired) electrons. The van der Waals surface area contributed by atoms with Crippen LogP contribution in [-0.2, 0) is 11.3 Å². The molecule has 0 atom stereocenters. The molecule has 0 aliphatic heterocycles. The first kappa shape index (κ1) is 22.5. The number of carboxylic acids is 1. The van der Waals surface area contributed by atoms with Crippen molar-refractivity contribution in [2.24, 2.45) is 10.7 Å². The Morgan fingerprint density at radius 3 is 2.34 bits per heavy atom. The smallest absolute Gasteiger partial charge is 0.323 e. The average Bonchev–Trinajstić information content (AvgIpc) is 2.81. The minimum absolute atomic E-state index is 0.0533. The lowest BCUT2D eigenvalue weighted by atomic mass is 10.1. The van der Waals surface area contributed by atoms with E-state index in [1.807, 2.05) is 0 Å². The molecule has 0 saturated carbocycles. The quantitative estimate of drug-likeness (QED) is 0.410. The Labute approximate surface area is 184 Å². The normalized spacial score (nSPS) is 11.2. The molecule has 0 unspecified atom stereocenters. The van der Waals surface area contributed by atoms with Gasteiger partial charge in [-0.2, -0.15) is 0 Å². The predicted octanol–water partition coefficient (Wildman–Crippen LogP) is 3.31. The van der Waals surface area contributed by atoms with Gasteiger partial charge in [-0.3, -0.25) is 9.69 Å². The summed E-state index contributed by atoms with van der Waals surface area (Å²) < 4.78 is 24.1. The van der Waals surface area contributed by atoms with Gasteiger partial charge in [-0.1, -0.05) is 18.2 Å². The monoisotopic (exact) mass is 438 g/mol. The summed E-state index contributed by atoms with van der Waals surface area (Å²) in [6, 6.07) is 14.6. The van der Waals surface area contributed by atoms with Crippen LogP contribution < -0.4 is 20.1 Å². The Hall–Kier alpha value is -4.14. The second-order valence-electron chi connectivity index (χ2n) is 6.68. The second-order valence-corrected chi connectivity index (χ2v) is 6.68. The maximum absolute atomic E-state index is 13.4. The number of guanidine groups is 1. The number of pyridine rings is 1. The summed E-state index contributed by atoms with van der Waals surface area (Å²) in [5.74, 6) is -0.134. The molecular weight excluding hydrogens is 415 g/mol. The number of benzene rings is 2. The van der Waals surface area contributed by atoms with Gasteiger partial charge in [0, 0.05) is 11.8 Å². The molecule has 8 nitrogen and oxygen atoms in total. The lowest BCUT2D eigenvalue weighted by Gasteiger charge is -2.23. The summed E-state index contributed by atoms with van der Waals surface area (Å²) >= 11 is 0. The third-order valence-corrected chi connectivity index (χ3v) is 4.70. The van der Waals surface area contributed by atoms with Crippen LogP contribution in [0.15, 0.2) is 65.8 Å². The maximum Gasteiger partial charge on any atom is 0.323 e. The van der Waals surface area contributed by atoms with Crippen molar-refractivity contribution in [3.05, 3.63) is 72.2 Å². The van der Waals surface area contributed by atoms with Crippen LogP contribution in [0.2, 0.25) is 0 Å². The van der Waals surface area contributed by atoms with E-state index in [2.05, 4.69) is 9.98 Å². The van der Waals surface area contributed by atoms with E-state index in [9.17, 15) is 14.3 Å². The van der Waals surface area contributed by atoms with E-state index in [0.717, 1.165) is 0 Å². The molecule has 9 heteroatoms. The molecule has 3 aromatic rings. The molecule has 3 rings (SSSR count). The number of carboxylic acid groups (broad SMARTS) is 1. The zero-order valence-electron chi connectivity index (χ0n) is 17.7. The number of rotatable bonds is 8. The minimum Gasteiger partial charge on any atom is -0.496 e. The highest BCUT2D eigenvalue weighted by atomic mass is 19.1. The molecular formula is C23H23FN4O4. The molecule has 32 heavy (non-hydrogen) atoms. The number of nitrogens with zero attached hydrogens (tertiary/aromatic N) is 3. The predicted molar refractivity (Wildman–Crippen MR) is 119 cm³/mol. The summed E-state index contributed by atoms with van der Waals surface area (Å²) in [7, 11) is 3.07. The van der Waals surface area contributed by atoms with Crippen LogP contribution in [0.4, 0.5) is 10.2 Å². The first-order valence-electron chi connectivity index (χ1n) is 9.64. The summed E-state index contributed by atoms with van der Waals surface area (Å²) in [5, 5.41) is 9.47. The van der Waals surface area contributed by atoms with Gasteiger partial charge in [-0.05, 0) is 42.0 Å². The van der Waals surface area contributed by atoms with E-state index in [4.69, 9.17) is 15.2 Å². The fourth-order valence-corrected chi connectivity index (χ4v) is 3.20. The van der Waals surface area contributed by atoms with E-state index in [1.54, 1.807) is 42.5 Å². The molecule has 1 heterocycles. The van der Waals surface area contributed by atoms with Gasteiger partial charge < -0.3 is 20.3 Å². The molecule has 0 amide bonds. The van der Waals surface area contributed by atoms with Gasteiger partial charge in [-0.15, -0.1) is 0 Å². The minimum atomic E-state index is -1.12. The second kappa shape index (κ2) is 10.3. The fourth-order valence-electron chi connectivity index (χ4n) is 3.20. The lowest BCUT2D eigenvalue weighted by molar-refractivity contribution is -0.135. The molecule has 0 spiro atoms. The van der Waals surface area contributed by atoms with Gasteiger partial charge in [0.25, 0.3) is 0 Å². The highest BCUT2D eigenvalue weighted by molar-refractivity contribution is 6.00. The number of hydrogen-bond donors (Lipinski definition) is 2. The zero-order valence-corrected chi connectivity index (χ0v) is 17.7. The van der Waals surface area contributed by atoms with Gasteiger partial charge in [0.2, 0.25) is 0 Å². The molecule has 0 bridgehead atoms. The third kappa shape index (κ3) is 5.12. The van der Waals surface area contributed by atoms with Crippen molar-refractivity contribution in [2.75, 3.05) is 25.7 Å². The van der Waals surface area contributed by atoms with Gasteiger partial charge >= 0.3 is 5.97 Å². The number of ether oxygens (including phenoxy) is 2. The summed E-state index contributed by atoms with van der Waals surface area (Å²) in [6.45, 7) is -0.378. The van der Waals surface area contributed by atoms with Crippen LogP contribution in [0.1, 0.15) is 5.56 Å². The molecule has 0 aliphatic rings. The van der Waals surface area contributed by atoms with Crippen LogP contribution in [0, 0.1) is 5.82 Å². The Kier molecular flexibility index (Phi) is 7.22. The van der Waals surface area contributed by atoms with Crippen molar-refractivity contribution in [1.29, 1.82) is 0 Å². The van der Waals surface area contributed by atoms with Crippen LogP contribution >= 0.6 is 0 Å². The summed E-state index contributed by atoms with van der Waals surface area (Å²) in [6.07, 6.45) is 1.52. The van der Waals surface area contributed by atoms with Crippen molar-refractivity contribution >= 4 is 17.7 Å². The molecule has 2 aromatic carbocycles. The number of hydrogen-bond acceptors (Lipinski definition) is 5. The first-order chi connectivity index (χ1) is 15.4. The van der Waals surface area contributed by atoms with E-state index in [0.29, 0.717) is 28.2 Å². The maximum atomic E-state index is 13.4. The van der Waals surface area contributed by atoms with Crippen LogP contribution in [0.3, 0.4) is 0 Å². The van der Waals surface area contributed by atoms with Crippen molar-refractivity contribution in [3.8, 4) is 22.6 Å². The van der Waals surface area contributed by atoms with E-state index < -0.39 is 12.5 Å². The SMILES string of the molecule is COc1cccc(OC)c1CN=C(N)N(CC(=O)O)c1ncccc1-c1ccc(F)cc1. The van der Waals surface area contributed by atoms with Crippen LogP contribution in [0.5, 0.6) is 11.5 Å². The number of nitrogens with two attached hydrogens (primary N) is 1. The Morgan fingerprint density at radius 2 is 1.75 bits per heavy atom. The zero-order chi connectivity index (χ0) is 23.1. The van der Waals surface area contributed by atoms with Crippen molar-refractivity contribution in [1.82, 2.24) is 4.98 Å². The largest absolute Gasteiger partial charge is 0.496 e. The number of aromatic nitrogens is 1. The number of carbonyl (C=O) groups is 1. The highest BCUT2D eigenvalue weighted by Crippen LogP contribution is 2.31. The lowest BCUT2D eigenvalue weighted by Crippen LogP contribution is -2.42. The Morgan fingerprint density at radius 1 is 1.09 bits per heavy atom. The van der Waals surface area contributed by atoms with Gasteiger partial charge in [-0.25, -0.2) is 14.4 Å². The average molecular weight is 438 g/mol. The van der Waals surface area contributed by atoms with Gasteiger partial charge in [0.05, 0.1) is 26.3 Å². The van der Waals surface area contributed by atoms with Crippen molar-refractivity contribution < 1.29 is 23.8 Å². The molecule has 3 N–H and O–H groups in total. The number of anilines is 1. The van der Waals surface area contributed by atoms with Crippen LogP contribution in [0.25, 0.3) is 11.1 Å². The number of aliphatic carboxylic acids is 1. The highest BCUT2D eigenvalue weighted by Gasteiger charge is 2.21. The molecule has 0 saturated heterocycles. The van der Waals surface area contributed by atoms with Crippen molar-refractivity contribution in [2.45, 2.75) is 6.54 Å². The summed E-state index contributed by atoms with van der Waals surface area (Å²) in [4.78, 5) is 21.6. The van der Waals surface area contributed by atoms with E-state index in [-0.39, 0.29) is 24.1 Å². The summed E-state index contributed by atoms with van der Waals surface area (Å²) in [5.41, 5.74) is 8.14. The number of halogens is 1. The Bertz CT molecular complexity index is 1100. The molecule has 0 aliphatic carbocycles. The number of methoxy groups -OCH3 is 2. The molecule has 1 aromatic heterocycles. The number of aliphatic imine (C=N–C) groups is 1. The first-order valence-corrected chi connectivity index (χ1v) is 9.64. The van der Waals surface area contributed by atoms with Gasteiger partial charge in [0.1, 0.15) is 29.7 Å². The van der Waals surface area contributed by atoms with E-state index >= 15 is 0 Å². The van der Waals surface area contributed by atoms with Crippen LogP contribution in [-0.4, -0.2) is 42.8 Å². The topological polar surface area (TPSA) is 110 Å². The Balaban J connectivity index is 2.02. The third-order valence-electron chi connectivity index (χ3n) is 4.70.